The fourth-order valence-corrected chi connectivity index (χ4v) is 2.61. The molecule has 0 bridgehead atoms. The zero-order valence-corrected chi connectivity index (χ0v) is 17.0. The van der Waals surface area contributed by atoms with Crippen LogP contribution in [0.5, 0.6) is 11.5 Å². The predicted molar refractivity (Wildman–Crippen MR) is 102 cm³/mol. The Balaban J connectivity index is 2.08. The quantitative estimate of drug-likeness (QED) is 0.674. The molecular weight excluding hydrogens is 402 g/mol. The SMILES string of the molecule is CCOc1cc(CNn2cnnc2)c(Br)cc1OCC(=O)NC(C)(C)C. The minimum absolute atomic E-state index is 0.0813. The van der Waals surface area contributed by atoms with Gasteiger partial charge >= 0.3 is 0 Å². The van der Waals surface area contributed by atoms with E-state index in [0.717, 1.165) is 10.0 Å². The van der Waals surface area contributed by atoms with Gasteiger partial charge in [0.05, 0.1) is 13.2 Å². The Bertz CT molecular complexity index is 729. The standard InChI is InChI=1S/C17H24BrN5O3/c1-5-25-14-6-12(8-21-23-10-19-20-11-23)13(18)7-15(14)26-9-16(24)22-17(2,3)4/h6-7,10-11,21H,5,8-9H2,1-4H3,(H,22,24). The highest BCUT2D eigenvalue weighted by atomic mass is 79.9. The second-order valence-electron chi connectivity index (χ2n) is 6.61. The maximum atomic E-state index is 12.0. The number of nitrogens with one attached hydrogen (secondary N) is 2. The molecule has 9 heteroatoms. The van der Waals surface area contributed by atoms with E-state index in [1.807, 2.05) is 33.8 Å². The van der Waals surface area contributed by atoms with Crippen LogP contribution >= 0.6 is 15.9 Å². The lowest BCUT2D eigenvalue weighted by atomic mass is 10.1. The van der Waals surface area contributed by atoms with Gasteiger partial charge in [-0.1, -0.05) is 15.9 Å². The van der Waals surface area contributed by atoms with Gasteiger partial charge < -0.3 is 20.2 Å². The van der Waals surface area contributed by atoms with Gasteiger partial charge in [0.1, 0.15) is 12.7 Å². The topological polar surface area (TPSA) is 90.3 Å². The van der Waals surface area contributed by atoms with Gasteiger partial charge in [0.25, 0.3) is 5.91 Å². The van der Waals surface area contributed by atoms with Crippen molar-refractivity contribution in [2.75, 3.05) is 18.6 Å². The third-order valence-electron chi connectivity index (χ3n) is 3.16. The molecule has 0 saturated heterocycles. The van der Waals surface area contributed by atoms with Crippen LogP contribution in [0.2, 0.25) is 0 Å². The van der Waals surface area contributed by atoms with Crippen LogP contribution in [0.25, 0.3) is 0 Å². The molecule has 0 atom stereocenters. The summed E-state index contributed by atoms with van der Waals surface area (Å²) in [5.74, 6) is 0.907. The number of ether oxygens (including phenoxy) is 2. The van der Waals surface area contributed by atoms with Crippen molar-refractivity contribution >= 4 is 21.8 Å². The molecule has 1 aromatic heterocycles. The van der Waals surface area contributed by atoms with Crippen LogP contribution in [0, 0.1) is 0 Å². The number of rotatable bonds is 8. The molecular formula is C17H24BrN5O3. The summed E-state index contributed by atoms with van der Waals surface area (Å²) in [6.45, 7) is 8.60. The van der Waals surface area contributed by atoms with Crippen LogP contribution in [-0.4, -0.2) is 39.5 Å². The maximum Gasteiger partial charge on any atom is 0.258 e. The Labute approximate surface area is 161 Å². The molecule has 1 aromatic carbocycles. The zero-order chi connectivity index (χ0) is 19.2. The molecule has 2 aromatic rings. The molecule has 2 rings (SSSR count). The third kappa shape index (κ3) is 6.21. The molecule has 0 saturated carbocycles. The normalized spacial score (nSPS) is 11.1. The van der Waals surface area contributed by atoms with Crippen molar-refractivity contribution in [3.05, 3.63) is 34.8 Å². The van der Waals surface area contributed by atoms with E-state index in [0.29, 0.717) is 24.7 Å². The molecule has 8 nitrogen and oxygen atoms in total. The first kappa shape index (κ1) is 20.0. The molecule has 2 N–H and O–H groups in total. The lowest BCUT2D eigenvalue weighted by molar-refractivity contribution is -0.124. The van der Waals surface area contributed by atoms with E-state index in [4.69, 9.17) is 9.47 Å². The number of hydrogen-bond acceptors (Lipinski definition) is 6. The summed E-state index contributed by atoms with van der Waals surface area (Å²) < 4.78 is 13.8. The Morgan fingerprint density at radius 3 is 2.46 bits per heavy atom. The largest absolute Gasteiger partial charge is 0.490 e. The van der Waals surface area contributed by atoms with Gasteiger partial charge in [-0.2, -0.15) is 0 Å². The van der Waals surface area contributed by atoms with E-state index in [2.05, 4.69) is 36.9 Å². The van der Waals surface area contributed by atoms with Gasteiger partial charge in [-0.15, -0.1) is 10.2 Å². The minimum Gasteiger partial charge on any atom is -0.490 e. The lowest BCUT2D eigenvalue weighted by Crippen LogP contribution is -2.43. The second kappa shape index (κ2) is 8.88. The van der Waals surface area contributed by atoms with Crippen molar-refractivity contribution < 1.29 is 14.3 Å². The van der Waals surface area contributed by atoms with E-state index < -0.39 is 0 Å². The molecule has 1 heterocycles. The molecule has 26 heavy (non-hydrogen) atoms. The van der Waals surface area contributed by atoms with Crippen molar-refractivity contribution in [3.8, 4) is 11.5 Å². The van der Waals surface area contributed by atoms with Crippen LogP contribution < -0.4 is 20.2 Å². The Morgan fingerprint density at radius 1 is 1.19 bits per heavy atom. The zero-order valence-electron chi connectivity index (χ0n) is 15.4. The molecule has 1 amide bonds. The number of carbonyl (C=O) groups excluding carboxylic acids is 1. The minimum atomic E-state index is -0.304. The van der Waals surface area contributed by atoms with Gasteiger partial charge in [0.15, 0.2) is 18.1 Å². The molecule has 0 fully saturated rings. The van der Waals surface area contributed by atoms with Crippen molar-refractivity contribution in [3.63, 3.8) is 0 Å². The van der Waals surface area contributed by atoms with Gasteiger partial charge in [0.2, 0.25) is 0 Å². The first-order valence-electron chi connectivity index (χ1n) is 8.26. The first-order valence-corrected chi connectivity index (χ1v) is 9.05. The van der Waals surface area contributed by atoms with Crippen LogP contribution in [0.15, 0.2) is 29.3 Å². The second-order valence-corrected chi connectivity index (χ2v) is 7.47. The van der Waals surface area contributed by atoms with Gasteiger partial charge in [0, 0.05) is 10.0 Å². The first-order chi connectivity index (χ1) is 12.3. The molecule has 142 valence electrons. The van der Waals surface area contributed by atoms with Gasteiger partial charge in [-0.3, -0.25) is 4.79 Å². The maximum absolute atomic E-state index is 12.0. The average molecular weight is 426 g/mol. The van der Waals surface area contributed by atoms with E-state index in [-0.39, 0.29) is 18.1 Å². The van der Waals surface area contributed by atoms with E-state index in [9.17, 15) is 4.79 Å². The summed E-state index contributed by atoms with van der Waals surface area (Å²) in [5.41, 5.74) is 3.81. The van der Waals surface area contributed by atoms with Crippen molar-refractivity contribution in [1.82, 2.24) is 20.2 Å². The Hall–Kier alpha value is -2.29. The van der Waals surface area contributed by atoms with Crippen LogP contribution in [0.1, 0.15) is 33.3 Å². The number of amides is 1. The van der Waals surface area contributed by atoms with E-state index in [1.165, 1.54) is 0 Å². The smallest absolute Gasteiger partial charge is 0.258 e. The fourth-order valence-electron chi connectivity index (χ4n) is 2.15. The Morgan fingerprint density at radius 2 is 1.85 bits per heavy atom. The summed E-state index contributed by atoms with van der Waals surface area (Å²) in [5, 5.41) is 10.3. The number of halogens is 1. The van der Waals surface area contributed by atoms with Crippen LogP contribution in [0.4, 0.5) is 0 Å². The predicted octanol–water partition coefficient (Wildman–Crippen LogP) is 2.48. The average Bonchev–Trinajstić information content (AvgIpc) is 3.05. The summed E-state index contributed by atoms with van der Waals surface area (Å²) >= 11 is 3.54. The highest BCUT2D eigenvalue weighted by Crippen LogP contribution is 2.34. The lowest BCUT2D eigenvalue weighted by Gasteiger charge is -2.21. The fraction of sp³-hybridized carbons (Fsp3) is 0.471. The molecule has 0 aliphatic carbocycles. The van der Waals surface area contributed by atoms with Crippen LogP contribution in [-0.2, 0) is 11.3 Å². The summed E-state index contributed by atoms with van der Waals surface area (Å²) in [4.78, 5) is 12.0. The highest BCUT2D eigenvalue weighted by Gasteiger charge is 2.16. The number of aromatic nitrogens is 3. The third-order valence-corrected chi connectivity index (χ3v) is 3.89. The highest BCUT2D eigenvalue weighted by molar-refractivity contribution is 9.10. The summed E-state index contributed by atoms with van der Waals surface area (Å²) in [6.07, 6.45) is 3.14. The van der Waals surface area contributed by atoms with Crippen LogP contribution in [0.3, 0.4) is 0 Å². The molecule has 0 aliphatic rings. The van der Waals surface area contributed by atoms with Crippen molar-refractivity contribution in [2.45, 2.75) is 39.8 Å². The number of carbonyl (C=O) groups is 1. The monoisotopic (exact) mass is 425 g/mol. The number of nitrogens with zero attached hydrogens (tertiary/aromatic N) is 3. The molecule has 0 unspecified atom stereocenters. The molecule has 0 radical (unpaired) electrons. The summed E-state index contributed by atoms with van der Waals surface area (Å²) in [7, 11) is 0. The van der Waals surface area contributed by atoms with Crippen molar-refractivity contribution in [2.24, 2.45) is 0 Å². The van der Waals surface area contributed by atoms with E-state index >= 15 is 0 Å². The molecule has 0 aliphatic heterocycles. The van der Waals surface area contributed by atoms with Gasteiger partial charge in [-0.05, 0) is 45.4 Å². The Kier molecular flexibility index (Phi) is 6.84. The molecule has 0 spiro atoms. The summed E-state index contributed by atoms with van der Waals surface area (Å²) in [6, 6.07) is 3.68. The number of benzene rings is 1. The van der Waals surface area contributed by atoms with Gasteiger partial charge in [-0.25, -0.2) is 4.68 Å². The van der Waals surface area contributed by atoms with E-state index in [1.54, 1.807) is 23.4 Å². The van der Waals surface area contributed by atoms with Crippen molar-refractivity contribution in [1.29, 1.82) is 0 Å². The number of hydrogen-bond donors (Lipinski definition) is 2.